The summed E-state index contributed by atoms with van der Waals surface area (Å²) in [7, 11) is 1.94. The predicted molar refractivity (Wildman–Crippen MR) is 89.4 cm³/mol. The van der Waals surface area contributed by atoms with Crippen molar-refractivity contribution in [3.8, 4) is 0 Å². The van der Waals surface area contributed by atoms with E-state index < -0.39 is 6.10 Å². The summed E-state index contributed by atoms with van der Waals surface area (Å²) < 4.78 is 1.89. The lowest BCUT2D eigenvalue weighted by molar-refractivity contribution is 0.141. The molecular weight excluding hydrogens is 304 g/mol. The van der Waals surface area contributed by atoms with Crippen molar-refractivity contribution < 1.29 is 9.90 Å². The van der Waals surface area contributed by atoms with Gasteiger partial charge in [-0.2, -0.15) is 5.10 Å². The molecule has 0 unspecified atom stereocenters. The number of aliphatic hydroxyl groups excluding tert-OH is 1. The average Bonchev–Trinajstić information content (AvgIpc) is 3.10. The second-order valence-electron chi connectivity index (χ2n) is 6.68. The molecule has 2 aromatic rings. The minimum Gasteiger partial charge on any atom is -0.390 e. The number of nitrogens with zero attached hydrogens (tertiary/aromatic N) is 2. The predicted octanol–water partition coefficient (Wildman–Crippen LogP) is 1.75. The number of fused-ring (bicyclic) bond motifs is 2. The SMILES string of the molecule is Cn1ncc2c1CCC[C@@H]2NC(=O)N[C@H]1c2ccccc2C[C@@H]1O. The van der Waals surface area contributed by atoms with E-state index in [0.29, 0.717) is 6.42 Å². The molecule has 0 radical (unpaired) electrons. The molecule has 0 saturated heterocycles. The lowest BCUT2D eigenvalue weighted by Crippen LogP contribution is -2.43. The Bertz CT molecular complexity index is 770. The van der Waals surface area contributed by atoms with Crippen molar-refractivity contribution in [1.82, 2.24) is 20.4 Å². The quantitative estimate of drug-likeness (QED) is 0.787. The molecule has 6 nitrogen and oxygen atoms in total. The van der Waals surface area contributed by atoms with Crippen LogP contribution < -0.4 is 10.6 Å². The van der Waals surface area contributed by atoms with Gasteiger partial charge in [0.05, 0.1) is 24.4 Å². The first kappa shape index (κ1) is 15.2. The van der Waals surface area contributed by atoms with E-state index in [4.69, 9.17) is 0 Å². The first-order valence-electron chi connectivity index (χ1n) is 8.47. The summed E-state index contributed by atoms with van der Waals surface area (Å²) in [6, 6.07) is 7.26. The fourth-order valence-electron chi connectivity index (χ4n) is 3.95. The van der Waals surface area contributed by atoms with E-state index in [0.717, 1.165) is 36.0 Å². The van der Waals surface area contributed by atoms with Gasteiger partial charge in [0, 0.05) is 24.7 Å². The molecule has 2 aliphatic carbocycles. The summed E-state index contributed by atoms with van der Waals surface area (Å²) in [6.07, 6.45) is 4.80. The Labute approximate surface area is 140 Å². The van der Waals surface area contributed by atoms with Gasteiger partial charge in [-0.15, -0.1) is 0 Å². The van der Waals surface area contributed by atoms with Crippen molar-refractivity contribution in [2.75, 3.05) is 0 Å². The minimum atomic E-state index is -0.576. The maximum absolute atomic E-state index is 12.5. The van der Waals surface area contributed by atoms with Gasteiger partial charge in [0.15, 0.2) is 0 Å². The monoisotopic (exact) mass is 326 g/mol. The molecule has 24 heavy (non-hydrogen) atoms. The Morgan fingerprint density at radius 3 is 3.00 bits per heavy atom. The highest BCUT2D eigenvalue weighted by Gasteiger charge is 2.33. The number of amides is 2. The fraction of sp³-hybridized carbons (Fsp3) is 0.444. The van der Waals surface area contributed by atoms with Gasteiger partial charge in [0.1, 0.15) is 0 Å². The number of hydrogen-bond donors (Lipinski definition) is 3. The second kappa shape index (κ2) is 5.94. The number of rotatable bonds is 2. The van der Waals surface area contributed by atoms with Crippen LogP contribution in [0.3, 0.4) is 0 Å². The van der Waals surface area contributed by atoms with E-state index in [9.17, 15) is 9.90 Å². The standard InChI is InChI=1S/C18H22N4O2/c1-22-15-8-4-7-14(13(15)10-19-22)20-18(24)21-17-12-6-3-2-5-11(12)9-16(17)23/h2-3,5-6,10,14,16-17,23H,4,7-9H2,1H3,(H2,20,21,24)/t14-,16-,17-/m0/s1. The van der Waals surface area contributed by atoms with Crippen LogP contribution in [0.25, 0.3) is 0 Å². The first-order chi connectivity index (χ1) is 11.6. The molecule has 0 bridgehead atoms. The van der Waals surface area contributed by atoms with Crippen LogP contribution in [0.1, 0.15) is 47.3 Å². The zero-order chi connectivity index (χ0) is 16.7. The number of benzene rings is 1. The van der Waals surface area contributed by atoms with Crippen LogP contribution in [0.5, 0.6) is 0 Å². The number of carbonyl (C=O) groups is 1. The van der Waals surface area contributed by atoms with Gasteiger partial charge in [-0.3, -0.25) is 4.68 Å². The Morgan fingerprint density at radius 1 is 1.29 bits per heavy atom. The molecule has 2 aliphatic rings. The van der Waals surface area contributed by atoms with E-state index in [-0.39, 0.29) is 18.1 Å². The molecule has 1 aromatic heterocycles. The van der Waals surface area contributed by atoms with Gasteiger partial charge in [-0.1, -0.05) is 24.3 Å². The summed E-state index contributed by atoms with van der Waals surface area (Å²) in [5.74, 6) is 0. The molecule has 0 aliphatic heterocycles. The number of urea groups is 1. The first-order valence-corrected chi connectivity index (χ1v) is 8.47. The summed E-state index contributed by atoms with van der Waals surface area (Å²) in [5.41, 5.74) is 4.40. The molecule has 4 rings (SSSR count). The molecular formula is C18H22N4O2. The summed E-state index contributed by atoms with van der Waals surface area (Å²) >= 11 is 0. The third-order valence-electron chi connectivity index (χ3n) is 5.17. The van der Waals surface area contributed by atoms with Gasteiger partial charge in [0.2, 0.25) is 0 Å². The lowest BCUT2D eigenvalue weighted by Gasteiger charge is -2.25. The average molecular weight is 326 g/mol. The zero-order valence-corrected chi connectivity index (χ0v) is 13.7. The Balaban J connectivity index is 1.47. The van der Waals surface area contributed by atoms with Crippen molar-refractivity contribution in [2.24, 2.45) is 7.05 Å². The second-order valence-corrected chi connectivity index (χ2v) is 6.68. The lowest BCUT2D eigenvalue weighted by atomic mass is 9.93. The highest BCUT2D eigenvalue weighted by molar-refractivity contribution is 5.75. The van der Waals surface area contributed by atoms with E-state index in [1.54, 1.807) is 0 Å². The van der Waals surface area contributed by atoms with Crippen molar-refractivity contribution in [3.05, 3.63) is 52.8 Å². The van der Waals surface area contributed by atoms with Crippen LogP contribution in [0, 0.1) is 0 Å². The number of aliphatic hydroxyl groups is 1. The van der Waals surface area contributed by atoms with Gasteiger partial charge >= 0.3 is 6.03 Å². The van der Waals surface area contributed by atoms with Gasteiger partial charge in [0.25, 0.3) is 0 Å². The van der Waals surface area contributed by atoms with Gasteiger partial charge in [-0.05, 0) is 30.4 Å². The summed E-state index contributed by atoms with van der Waals surface area (Å²) in [5, 5.41) is 20.6. The molecule has 126 valence electrons. The maximum atomic E-state index is 12.5. The van der Waals surface area contributed by atoms with Crippen LogP contribution in [0.4, 0.5) is 4.79 Å². The van der Waals surface area contributed by atoms with Crippen LogP contribution in [0.2, 0.25) is 0 Å². The zero-order valence-electron chi connectivity index (χ0n) is 13.7. The fourth-order valence-corrected chi connectivity index (χ4v) is 3.95. The van der Waals surface area contributed by atoms with E-state index >= 15 is 0 Å². The van der Waals surface area contributed by atoms with E-state index in [1.165, 1.54) is 5.69 Å². The smallest absolute Gasteiger partial charge is 0.315 e. The Hall–Kier alpha value is -2.34. The van der Waals surface area contributed by atoms with Crippen LogP contribution in [0.15, 0.2) is 30.5 Å². The molecule has 0 fully saturated rings. The number of nitrogens with one attached hydrogen (secondary N) is 2. The molecule has 3 atom stereocenters. The topological polar surface area (TPSA) is 79.2 Å². The van der Waals surface area contributed by atoms with E-state index in [1.807, 2.05) is 42.2 Å². The van der Waals surface area contributed by atoms with Crippen LogP contribution in [-0.2, 0) is 19.9 Å². The molecule has 3 N–H and O–H groups in total. The van der Waals surface area contributed by atoms with Crippen LogP contribution >= 0.6 is 0 Å². The Kier molecular flexibility index (Phi) is 3.76. The summed E-state index contributed by atoms with van der Waals surface area (Å²) in [4.78, 5) is 12.5. The minimum absolute atomic E-state index is 0.0174. The normalized spacial score (nSPS) is 25.0. The number of carbonyl (C=O) groups excluding carboxylic acids is 1. The third kappa shape index (κ3) is 2.57. The molecule has 1 aromatic carbocycles. The largest absolute Gasteiger partial charge is 0.390 e. The van der Waals surface area contributed by atoms with Crippen LogP contribution in [-0.4, -0.2) is 27.0 Å². The molecule has 1 heterocycles. The molecule has 6 heteroatoms. The van der Waals surface area contributed by atoms with Gasteiger partial charge < -0.3 is 15.7 Å². The molecule has 2 amide bonds. The van der Waals surface area contributed by atoms with Crippen molar-refractivity contribution in [3.63, 3.8) is 0 Å². The van der Waals surface area contributed by atoms with Crippen molar-refractivity contribution in [2.45, 2.75) is 43.9 Å². The van der Waals surface area contributed by atoms with Crippen molar-refractivity contribution in [1.29, 1.82) is 0 Å². The maximum Gasteiger partial charge on any atom is 0.315 e. The highest BCUT2D eigenvalue weighted by Crippen LogP contribution is 2.32. The van der Waals surface area contributed by atoms with Crippen molar-refractivity contribution >= 4 is 6.03 Å². The third-order valence-corrected chi connectivity index (χ3v) is 5.17. The number of aryl methyl sites for hydroxylation is 1. The highest BCUT2D eigenvalue weighted by atomic mass is 16.3. The van der Waals surface area contributed by atoms with E-state index in [2.05, 4.69) is 15.7 Å². The summed E-state index contributed by atoms with van der Waals surface area (Å²) in [6.45, 7) is 0. The molecule has 0 spiro atoms. The Morgan fingerprint density at radius 2 is 2.12 bits per heavy atom. The molecule has 0 saturated carbocycles. The number of aromatic nitrogens is 2. The van der Waals surface area contributed by atoms with Gasteiger partial charge in [-0.25, -0.2) is 4.79 Å². The number of hydrogen-bond acceptors (Lipinski definition) is 3.